The van der Waals surface area contributed by atoms with E-state index in [2.05, 4.69) is 4.98 Å². The number of nitrogens with zero attached hydrogens (tertiary/aromatic N) is 3. The van der Waals surface area contributed by atoms with E-state index in [-0.39, 0.29) is 28.8 Å². The molecule has 0 unspecified atom stereocenters. The van der Waals surface area contributed by atoms with Gasteiger partial charge in [-0.2, -0.15) is 4.90 Å². The summed E-state index contributed by atoms with van der Waals surface area (Å²) in [6, 6.07) is 28.6. The second-order valence-electron chi connectivity index (χ2n) is 8.04. The Kier molecular flexibility index (Phi) is 7.56. The average Bonchev–Trinajstić information content (AvgIpc) is 2.95. The summed E-state index contributed by atoms with van der Waals surface area (Å²) >= 11 is 1.23. The lowest BCUT2D eigenvalue weighted by molar-refractivity contribution is -0.115. The fraction of sp³-hybridized carbons (Fsp3) is 0.0345. The number of imide groups is 1. The molecule has 1 aliphatic rings. The molecule has 0 atom stereocenters. The van der Waals surface area contributed by atoms with Crippen LogP contribution in [0.2, 0.25) is 0 Å². The first-order valence-electron chi connectivity index (χ1n) is 11.7. The molecule has 0 N–H and O–H groups in total. The maximum atomic E-state index is 14.1. The van der Waals surface area contributed by atoms with Gasteiger partial charge in [0.1, 0.15) is 17.3 Å². The molecule has 194 valence electrons. The summed E-state index contributed by atoms with van der Waals surface area (Å²) < 4.78 is 18.0. The lowest BCUT2D eigenvalue weighted by Crippen LogP contribution is -2.43. The summed E-state index contributed by atoms with van der Waals surface area (Å²) in [7, 11) is 1.62. The fourth-order valence-corrected chi connectivity index (χ4v) is 4.67. The van der Waals surface area contributed by atoms with Gasteiger partial charge in [-0.05, 0) is 60.5 Å². The number of rotatable bonds is 5. The van der Waals surface area contributed by atoms with Gasteiger partial charge in [0.2, 0.25) is 0 Å². The molecule has 10 heteroatoms. The third-order valence-corrected chi connectivity index (χ3v) is 6.45. The normalized spacial score (nSPS) is 12.3. The lowest BCUT2D eigenvalue weighted by atomic mass is 10.1. The highest BCUT2D eigenvalue weighted by Crippen LogP contribution is 2.41. The van der Waals surface area contributed by atoms with Crippen LogP contribution >= 0.6 is 11.9 Å². The van der Waals surface area contributed by atoms with E-state index in [0.717, 1.165) is 9.80 Å². The van der Waals surface area contributed by atoms with Gasteiger partial charge < -0.3 is 18.5 Å². The molecule has 0 saturated heterocycles. The number of hydrogen-bond donors (Lipinski definition) is 0. The zero-order valence-electron chi connectivity index (χ0n) is 20.6. The van der Waals surface area contributed by atoms with E-state index < -0.39 is 18.2 Å². The van der Waals surface area contributed by atoms with E-state index in [0.29, 0.717) is 5.56 Å². The van der Waals surface area contributed by atoms with Crippen LogP contribution in [0.5, 0.6) is 11.5 Å². The van der Waals surface area contributed by atoms with Crippen molar-refractivity contribution in [2.75, 3.05) is 11.9 Å². The molecule has 0 radical (unpaired) electrons. The molecule has 2 heterocycles. The van der Waals surface area contributed by atoms with Crippen LogP contribution in [0, 0.1) is 0 Å². The van der Waals surface area contributed by atoms with E-state index in [1.54, 1.807) is 92.0 Å². The maximum absolute atomic E-state index is 14.1. The molecule has 0 bridgehead atoms. The SMILES string of the molecule is CN1Sc2ccccc2C(OC(=O)Oc2ccccc2)=C1C(=O)N(C(=O)Oc1ccccc1)c1ccccn1. The fourth-order valence-electron chi connectivity index (χ4n) is 3.73. The van der Waals surface area contributed by atoms with Gasteiger partial charge in [-0.25, -0.2) is 14.6 Å². The summed E-state index contributed by atoms with van der Waals surface area (Å²) in [5.74, 6) is -0.360. The van der Waals surface area contributed by atoms with Crippen LogP contribution in [0.25, 0.3) is 5.76 Å². The highest BCUT2D eigenvalue weighted by Gasteiger charge is 2.38. The molecule has 1 aromatic heterocycles. The van der Waals surface area contributed by atoms with E-state index in [1.807, 2.05) is 12.1 Å². The van der Waals surface area contributed by atoms with Crippen LogP contribution in [0.4, 0.5) is 15.4 Å². The summed E-state index contributed by atoms with van der Waals surface area (Å²) in [5, 5.41) is 0. The summed E-state index contributed by atoms with van der Waals surface area (Å²) in [6.45, 7) is 0. The van der Waals surface area contributed by atoms with Crippen LogP contribution in [0.15, 0.2) is 120 Å². The molecule has 3 aromatic carbocycles. The van der Waals surface area contributed by atoms with Crippen molar-refractivity contribution in [3.63, 3.8) is 0 Å². The number of ether oxygens (including phenoxy) is 3. The smallest absolute Gasteiger partial charge is 0.410 e. The van der Waals surface area contributed by atoms with Gasteiger partial charge in [-0.1, -0.05) is 54.6 Å². The van der Waals surface area contributed by atoms with Crippen molar-refractivity contribution in [2.24, 2.45) is 0 Å². The van der Waals surface area contributed by atoms with Gasteiger partial charge in [0.15, 0.2) is 11.5 Å². The van der Waals surface area contributed by atoms with Crippen molar-refractivity contribution in [1.82, 2.24) is 9.29 Å². The first kappa shape index (κ1) is 25.6. The van der Waals surface area contributed by atoms with E-state index >= 15 is 0 Å². The minimum Gasteiger partial charge on any atom is -0.410 e. The largest absolute Gasteiger partial charge is 0.519 e. The molecule has 0 saturated carbocycles. The lowest BCUT2D eigenvalue weighted by Gasteiger charge is -2.31. The molecular formula is C29H21N3O6S. The number of pyridine rings is 1. The molecule has 2 amide bonds. The van der Waals surface area contributed by atoms with Crippen LogP contribution in [0.3, 0.4) is 0 Å². The molecule has 0 fully saturated rings. The van der Waals surface area contributed by atoms with Crippen molar-refractivity contribution in [3.05, 3.63) is 121 Å². The van der Waals surface area contributed by atoms with Gasteiger partial charge >= 0.3 is 12.2 Å². The Morgan fingerprint density at radius 2 is 1.36 bits per heavy atom. The number of carbonyl (C=O) groups excluding carboxylic acids is 3. The van der Waals surface area contributed by atoms with Crippen LogP contribution < -0.4 is 14.4 Å². The second-order valence-corrected chi connectivity index (χ2v) is 9.21. The number of aromatic nitrogens is 1. The number of carbonyl (C=O) groups is 3. The molecule has 4 aromatic rings. The zero-order chi connectivity index (χ0) is 27.2. The molecular weight excluding hydrogens is 518 g/mol. The Morgan fingerprint density at radius 1 is 0.744 bits per heavy atom. The van der Waals surface area contributed by atoms with Crippen molar-refractivity contribution in [1.29, 1.82) is 0 Å². The van der Waals surface area contributed by atoms with Crippen molar-refractivity contribution >= 4 is 41.7 Å². The number of benzene rings is 3. The third kappa shape index (κ3) is 5.76. The minimum absolute atomic E-state index is 0.0272. The van der Waals surface area contributed by atoms with Crippen molar-refractivity contribution in [2.45, 2.75) is 4.90 Å². The number of amides is 2. The molecule has 9 nitrogen and oxygen atoms in total. The molecule has 5 rings (SSSR count). The highest BCUT2D eigenvalue weighted by molar-refractivity contribution is 7.97. The molecule has 39 heavy (non-hydrogen) atoms. The van der Waals surface area contributed by atoms with Gasteiger partial charge in [0.05, 0.1) is 0 Å². The van der Waals surface area contributed by atoms with Crippen LogP contribution in [-0.4, -0.2) is 34.5 Å². The first-order chi connectivity index (χ1) is 19.0. The Labute approximate surface area is 228 Å². The number of hydrogen-bond acceptors (Lipinski definition) is 9. The number of likely N-dealkylation sites (N-methyl/N-ethyl adjacent to an activating group) is 1. The van der Waals surface area contributed by atoms with E-state index in [4.69, 9.17) is 14.2 Å². The molecule has 0 spiro atoms. The first-order valence-corrected chi connectivity index (χ1v) is 12.5. The van der Waals surface area contributed by atoms with Gasteiger partial charge in [-0.3, -0.25) is 4.79 Å². The van der Waals surface area contributed by atoms with Gasteiger partial charge in [-0.15, -0.1) is 0 Å². The van der Waals surface area contributed by atoms with Crippen molar-refractivity contribution < 1.29 is 28.6 Å². The Balaban J connectivity index is 1.57. The topological polar surface area (TPSA) is 98.3 Å². The number of fused-ring (bicyclic) bond motifs is 1. The minimum atomic E-state index is -1.05. The van der Waals surface area contributed by atoms with Crippen LogP contribution in [-0.2, 0) is 9.53 Å². The quantitative estimate of drug-likeness (QED) is 0.168. The predicted octanol–water partition coefficient (Wildman–Crippen LogP) is 6.15. The Morgan fingerprint density at radius 3 is 2.03 bits per heavy atom. The zero-order valence-corrected chi connectivity index (χ0v) is 21.4. The standard InChI is InChI=1S/C29H21N3O6S/c1-31-25(27(33)32(24-18-10-11-19-30-24)28(34)36-20-12-4-2-5-13-20)26(22-16-8-9-17-23(22)39-31)38-29(35)37-21-14-6-3-7-15-21/h2-19H,1H3. The third-order valence-electron chi connectivity index (χ3n) is 5.44. The Bertz CT molecular complexity index is 1530. The Hall–Kier alpha value is -5.09. The van der Waals surface area contributed by atoms with Gasteiger partial charge in [0, 0.05) is 23.7 Å². The van der Waals surface area contributed by atoms with E-state index in [1.165, 1.54) is 28.5 Å². The van der Waals surface area contributed by atoms with Gasteiger partial charge in [0.25, 0.3) is 5.91 Å². The van der Waals surface area contributed by atoms with Crippen LogP contribution in [0.1, 0.15) is 5.56 Å². The summed E-state index contributed by atoms with van der Waals surface area (Å²) in [6.07, 6.45) is -0.586. The number of anilines is 1. The molecule has 1 aliphatic heterocycles. The average molecular weight is 540 g/mol. The highest BCUT2D eigenvalue weighted by atomic mass is 32.2. The van der Waals surface area contributed by atoms with E-state index in [9.17, 15) is 14.4 Å². The second kappa shape index (κ2) is 11.5. The maximum Gasteiger partial charge on any atom is 0.519 e. The summed E-state index contributed by atoms with van der Waals surface area (Å²) in [4.78, 5) is 46.1. The van der Waals surface area contributed by atoms with Crippen molar-refractivity contribution in [3.8, 4) is 11.5 Å². The predicted molar refractivity (Wildman–Crippen MR) is 145 cm³/mol. The summed E-state index contributed by atoms with van der Waals surface area (Å²) in [5.41, 5.74) is 0.394. The number of para-hydroxylation sites is 2. The monoisotopic (exact) mass is 539 g/mol. The molecule has 0 aliphatic carbocycles.